The molecule has 0 atom stereocenters. The second kappa shape index (κ2) is 4.84. The lowest BCUT2D eigenvalue weighted by molar-refractivity contribution is 0.191. The van der Waals surface area contributed by atoms with Gasteiger partial charge in [-0.2, -0.15) is 4.68 Å². The van der Waals surface area contributed by atoms with Crippen molar-refractivity contribution in [3.63, 3.8) is 0 Å². The number of hydrogen-bond acceptors (Lipinski definition) is 4. The number of nitrogen functional groups attached to an aromatic ring is 1. The average molecular weight is 293 g/mol. The summed E-state index contributed by atoms with van der Waals surface area (Å²) in [6, 6.07) is 13.2. The Balaban J connectivity index is 1.67. The molecular weight excluding hydrogens is 278 g/mol. The summed E-state index contributed by atoms with van der Waals surface area (Å²) in [6.07, 6.45) is 0.827. The van der Waals surface area contributed by atoms with Crippen LogP contribution in [0.5, 0.6) is 0 Å². The highest BCUT2D eigenvalue weighted by molar-refractivity contribution is 5.87. The van der Waals surface area contributed by atoms with Crippen LogP contribution in [-0.4, -0.2) is 32.5 Å². The zero-order chi connectivity index (χ0) is 15.1. The fourth-order valence-corrected chi connectivity index (χ4v) is 2.88. The van der Waals surface area contributed by atoms with E-state index in [0.717, 1.165) is 28.7 Å². The van der Waals surface area contributed by atoms with E-state index < -0.39 is 0 Å². The van der Waals surface area contributed by atoms with Crippen molar-refractivity contribution in [3.8, 4) is 0 Å². The minimum atomic E-state index is -0.151. The lowest BCUT2D eigenvalue weighted by Crippen LogP contribution is -2.39. The molecule has 0 unspecified atom stereocenters. The van der Waals surface area contributed by atoms with Crippen LogP contribution in [0.3, 0.4) is 0 Å². The third-order valence-corrected chi connectivity index (χ3v) is 4.05. The Kier molecular flexibility index (Phi) is 2.82. The fourth-order valence-electron chi connectivity index (χ4n) is 2.88. The standard InChI is InChI=1S/C16H15N5O/c17-13-6-5-11-7-8-20(10-12(11)9-13)16(22)21-15-4-2-1-3-14(15)18-19-21/h1-6,9H,7-8,10,17H2. The molecule has 0 aliphatic carbocycles. The van der Waals surface area contributed by atoms with E-state index in [1.165, 1.54) is 10.2 Å². The van der Waals surface area contributed by atoms with Gasteiger partial charge < -0.3 is 10.6 Å². The van der Waals surface area contributed by atoms with Crippen LogP contribution in [-0.2, 0) is 13.0 Å². The molecule has 1 aromatic heterocycles. The van der Waals surface area contributed by atoms with Crippen LogP contribution in [0.15, 0.2) is 42.5 Å². The fraction of sp³-hybridized carbons (Fsp3) is 0.188. The zero-order valence-corrected chi connectivity index (χ0v) is 11.9. The molecule has 0 saturated carbocycles. The number of nitrogens with zero attached hydrogens (tertiary/aromatic N) is 4. The summed E-state index contributed by atoms with van der Waals surface area (Å²) in [4.78, 5) is 14.5. The number of anilines is 1. The summed E-state index contributed by atoms with van der Waals surface area (Å²) in [5.74, 6) is 0. The van der Waals surface area contributed by atoms with Crippen molar-refractivity contribution >= 4 is 22.8 Å². The van der Waals surface area contributed by atoms with E-state index in [2.05, 4.69) is 10.3 Å². The van der Waals surface area contributed by atoms with Crippen molar-refractivity contribution in [1.82, 2.24) is 19.9 Å². The van der Waals surface area contributed by atoms with Gasteiger partial charge in [-0.05, 0) is 41.8 Å². The number of fused-ring (bicyclic) bond motifs is 2. The van der Waals surface area contributed by atoms with Crippen molar-refractivity contribution in [1.29, 1.82) is 0 Å². The molecule has 0 fully saturated rings. The van der Waals surface area contributed by atoms with E-state index in [1.54, 1.807) is 4.90 Å². The highest BCUT2D eigenvalue weighted by Crippen LogP contribution is 2.22. The number of aromatic nitrogens is 3. The lowest BCUT2D eigenvalue weighted by atomic mass is 9.99. The first kappa shape index (κ1) is 12.8. The molecule has 0 saturated heterocycles. The van der Waals surface area contributed by atoms with Crippen molar-refractivity contribution in [3.05, 3.63) is 53.6 Å². The SMILES string of the molecule is Nc1ccc2c(c1)CN(C(=O)n1nnc3ccccc31)CC2. The van der Waals surface area contributed by atoms with Gasteiger partial charge in [0.1, 0.15) is 5.52 Å². The maximum absolute atomic E-state index is 12.7. The number of carbonyl (C=O) groups is 1. The Hall–Kier alpha value is -2.89. The van der Waals surface area contributed by atoms with Gasteiger partial charge in [0, 0.05) is 18.8 Å². The number of nitrogens with two attached hydrogens (primary N) is 1. The summed E-state index contributed by atoms with van der Waals surface area (Å²) in [5.41, 5.74) is 10.4. The lowest BCUT2D eigenvalue weighted by Gasteiger charge is -2.28. The average Bonchev–Trinajstić information content (AvgIpc) is 2.97. The molecule has 1 amide bonds. The molecule has 0 radical (unpaired) electrons. The molecule has 0 bridgehead atoms. The number of benzene rings is 2. The Morgan fingerprint density at radius 2 is 2.00 bits per heavy atom. The second-order valence-electron chi connectivity index (χ2n) is 5.47. The molecule has 22 heavy (non-hydrogen) atoms. The van der Waals surface area contributed by atoms with Gasteiger partial charge in [-0.15, -0.1) is 5.10 Å². The van der Waals surface area contributed by atoms with Gasteiger partial charge in [-0.1, -0.05) is 23.4 Å². The van der Waals surface area contributed by atoms with Crippen molar-refractivity contribution in [2.75, 3.05) is 12.3 Å². The monoisotopic (exact) mass is 293 g/mol. The van der Waals surface area contributed by atoms with E-state index >= 15 is 0 Å². The molecule has 2 aromatic carbocycles. The first-order valence-corrected chi connectivity index (χ1v) is 7.19. The second-order valence-corrected chi connectivity index (χ2v) is 5.47. The van der Waals surface area contributed by atoms with Crippen LogP contribution in [0.25, 0.3) is 11.0 Å². The van der Waals surface area contributed by atoms with Gasteiger partial charge in [-0.3, -0.25) is 0 Å². The summed E-state index contributed by atoms with van der Waals surface area (Å²) in [6.45, 7) is 1.22. The first-order chi connectivity index (χ1) is 10.7. The minimum Gasteiger partial charge on any atom is -0.399 e. The first-order valence-electron chi connectivity index (χ1n) is 7.19. The molecule has 1 aliphatic rings. The molecule has 4 rings (SSSR count). The quantitative estimate of drug-likeness (QED) is 0.643. The van der Waals surface area contributed by atoms with Gasteiger partial charge >= 0.3 is 6.03 Å². The van der Waals surface area contributed by atoms with Crippen LogP contribution in [0, 0.1) is 0 Å². The molecule has 0 spiro atoms. The summed E-state index contributed by atoms with van der Waals surface area (Å²) in [7, 11) is 0. The normalized spacial score (nSPS) is 14.1. The van der Waals surface area contributed by atoms with E-state index in [0.29, 0.717) is 13.1 Å². The van der Waals surface area contributed by atoms with Crippen LogP contribution in [0.4, 0.5) is 10.5 Å². The topological polar surface area (TPSA) is 77.0 Å². The Labute approximate surface area is 127 Å². The third-order valence-electron chi connectivity index (χ3n) is 4.05. The van der Waals surface area contributed by atoms with E-state index in [9.17, 15) is 4.79 Å². The molecule has 1 aliphatic heterocycles. The van der Waals surface area contributed by atoms with Gasteiger partial charge in [0.2, 0.25) is 0 Å². The molecule has 2 heterocycles. The van der Waals surface area contributed by atoms with Gasteiger partial charge in [-0.25, -0.2) is 4.79 Å². The van der Waals surface area contributed by atoms with Crippen LogP contribution in [0.2, 0.25) is 0 Å². The maximum atomic E-state index is 12.7. The third kappa shape index (κ3) is 2.00. The summed E-state index contributed by atoms with van der Waals surface area (Å²) >= 11 is 0. The van der Waals surface area contributed by atoms with Crippen molar-refractivity contribution in [2.24, 2.45) is 0 Å². The molecule has 2 N–H and O–H groups in total. The van der Waals surface area contributed by atoms with Crippen molar-refractivity contribution < 1.29 is 4.79 Å². The smallest absolute Gasteiger partial charge is 0.347 e. The number of hydrogen-bond donors (Lipinski definition) is 1. The molecule has 3 aromatic rings. The number of para-hydroxylation sites is 1. The summed E-state index contributed by atoms with van der Waals surface area (Å²) < 4.78 is 1.37. The van der Waals surface area contributed by atoms with Crippen LogP contribution in [0.1, 0.15) is 11.1 Å². The largest absolute Gasteiger partial charge is 0.399 e. The van der Waals surface area contributed by atoms with Crippen LogP contribution >= 0.6 is 0 Å². The Morgan fingerprint density at radius 3 is 2.91 bits per heavy atom. The highest BCUT2D eigenvalue weighted by atomic mass is 16.2. The highest BCUT2D eigenvalue weighted by Gasteiger charge is 2.23. The molecule has 110 valence electrons. The predicted molar refractivity (Wildman–Crippen MR) is 83.3 cm³/mol. The maximum Gasteiger partial charge on any atom is 0.347 e. The number of rotatable bonds is 0. The van der Waals surface area contributed by atoms with E-state index in [4.69, 9.17) is 5.73 Å². The van der Waals surface area contributed by atoms with Gasteiger partial charge in [0.15, 0.2) is 0 Å². The van der Waals surface area contributed by atoms with E-state index in [-0.39, 0.29) is 6.03 Å². The zero-order valence-electron chi connectivity index (χ0n) is 11.9. The van der Waals surface area contributed by atoms with Crippen molar-refractivity contribution in [2.45, 2.75) is 13.0 Å². The minimum absolute atomic E-state index is 0.151. The predicted octanol–water partition coefficient (Wildman–Crippen LogP) is 2.04. The molecule has 6 nitrogen and oxygen atoms in total. The Bertz CT molecular complexity index is 870. The van der Waals surface area contributed by atoms with Gasteiger partial charge in [0.05, 0.1) is 5.52 Å². The van der Waals surface area contributed by atoms with Crippen LogP contribution < -0.4 is 5.73 Å². The number of carbonyl (C=O) groups excluding carboxylic acids is 1. The van der Waals surface area contributed by atoms with Gasteiger partial charge in [0.25, 0.3) is 0 Å². The Morgan fingerprint density at radius 1 is 1.14 bits per heavy atom. The molecular formula is C16H15N5O. The summed E-state index contributed by atoms with van der Waals surface area (Å²) in [5, 5.41) is 8.03. The molecule has 6 heteroatoms. The number of amides is 1. The van der Waals surface area contributed by atoms with E-state index in [1.807, 2.05) is 42.5 Å².